The molecular weight excluding hydrogens is 326 g/mol. The molecule has 0 spiro atoms. The van der Waals surface area contributed by atoms with Gasteiger partial charge in [0.15, 0.2) is 5.49 Å². The number of hydrogen-bond donors (Lipinski definition) is 1. The Labute approximate surface area is 155 Å². The zero-order valence-corrected chi connectivity index (χ0v) is 15.8. The molecule has 1 N–H and O–H groups in total. The predicted octanol–water partition coefficient (Wildman–Crippen LogP) is 3.20. The molecule has 138 valence electrons. The molecule has 0 bridgehead atoms. The maximum atomic E-state index is 5.80. The van der Waals surface area contributed by atoms with Gasteiger partial charge in [0.1, 0.15) is 5.69 Å². The molecule has 2 heterocycles. The van der Waals surface area contributed by atoms with Crippen LogP contribution in [0.4, 0.5) is 0 Å². The van der Waals surface area contributed by atoms with Gasteiger partial charge in [-0.3, -0.25) is 4.99 Å². The van der Waals surface area contributed by atoms with Crippen LogP contribution in [0.3, 0.4) is 0 Å². The molecule has 0 saturated heterocycles. The first-order valence-corrected chi connectivity index (χ1v) is 8.77. The van der Waals surface area contributed by atoms with Crippen LogP contribution in [-0.4, -0.2) is 34.7 Å². The average molecular weight is 353 g/mol. The molecule has 2 rings (SSSR count). The summed E-state index contributed by atoms with van der Waals surface area (Å²) in [6.45, 7) is 13.1. The second kappa shape index (κ2) is 9.68. The van der Waals surface area contributed by atoms with Crippen molar-refractivity contribution >= 4 is 6.20 Å². The first-order chi connectivity index (χ1) is 12.6. The van der Waals surface area contributed by atoms with E-state index in [0.717, 1.165) is 24.4 Å². The molecule has 0 aliphatic rings. The summed E-state index contributed by atoms with van der Waals surface area (Å²) in [5.74, 6) is 0.457. The molecular formula is C20H27N5O. The van der Waals surface area contributed by atoms with Crippen molar-refractivity contribution in [2.24, 2.45) is 4.99 Å². The van der Waals surface area contributed by atoms with Crippen molar-refractivity contribution in [1.29, 1.82) is 0 Å². The van der Waals surface area contributed by atoms with E-state index in [9.17, 15) is 0 Å². The maximum absolute atomic E-state index is 5.80. The topological polar surface area (TPSA) is 64.3 Å². The van der Waals surface area contributed by atoms with Crippen LogP contribution >= 0.6 is 0 Å². The van der Waals surface area contributed by atoms with Crippen LogP contribution in [-0.2, 0) is 0 Å². The van der Waals surface area contributed by atoms with Crippen LogP contribution in [0.2, 0.25) is 0 Å². The van der Waals surface area contributed by atoms with Crippen LogP contribution in [0, 0.1) is 0 Å². The van der Waals surface area contributed by atoms with Crippen molar-refractivity contribution in [3.8, 4) is 17.3 Å². The number of nitrogens with zero attached hydrogens (tertiary/aromatic N) is 4. The van der Waals surface area contributed by atoms with Gasteiger partial charge in [0, 0.05) is 25.5 Å². The minimum Gasteiger partial charge on any atom is -0.475 e. The zero-order valence-electron chi connectivity index (χ0n) is 15.8. The number of aromatic nitrogens is 3. The lowest BCUT2D eigenvalue weighted by Crippen LogP contribution is -2.22. The molecule has 0 radical (unpaired) electrons. The Morgan fingerprint density at radius 1 is 1.31 bits per heavy atom. The summed E-state index contributed by atoms with van der Waals surface area (Å²) in [5.41, 5.74) is 3.06. The summed E-state index contributed by atoms with van der Waals surface area (Å²) in [4.78, 5) is 13.7. The fraction of sp³-hybridized carbons (Fsp3) is 0.350. The first kappa shape index (κ1) is 19.6. The van der Waals surface area contributed by atoms with E-state index in [0.29, 0.717) is 23.7 Å². The number of ether oxygens (including phenoxy) is 1. The summed E-state index contributed by atoms with van der Waals surface area (Å²) in [6, 6.07) is 6.10. The summed E-state index contributed by atoms with van der Waals surface area (Å²) in [5, 5.41) is 3.37. The molecule has 2 aromatic rings. The lowest BCUT2D eigenvalue weighted by Gasteiger charge is -2.14. The Morgan fingerprint density at radius 3 is 2.77 bits per heavy atom. The summed E-state index contributed by atoms with van der Waals surface area (Å²) in [6.07, 6.45) is 6.08. The lowest BCUT2D eigenvalue weighted by atomic mass is 10.2. The van der Waals surface area contributed by atoms with Gasteiger partial charge in [-0.15, -0.1) is 6.58 Å². The van der Waals surface area contributed by atoms with Crippen molar-refractivity contribution < 1.29 is 4.74 Å². The molecule has 0 aromatic carbocycles. The number of rotatable bonds is 9. The van der Waals surface area contributed by atoms with E-state index in [-0.39, 0.29) is 6.04 Å². The van der Waals surface area contributed by atoms with E-state index < -0.39 is 0 Å². The van der Waals surface area contributed by atoms with Gasteiger partial charge >= 0.3 is 0 Å². The molecule has 6 nitrogen and oxygen atoms in total. The Balaban J connectivity index is 2.49. The highest BCUT2D eigenvalue weighted by atomic mass is 16.5. The van der Waals surface area contributed by atoms with E-state index in [1.54, 1.807) is 23.9 Å². The van der Waals surface area contributed by atoms with Gasteiger partial charge in [-0.2, -0.15) is 0 Å². The van der Waals surface area contributed by atoms with E-state index in [2.05, 4.69) is 42.3 Å². The monoisotopic (exact) mass is 353 g/mol. The molecule has 26 heavy (non-hydrogen) atoms. The van der Waals surface area contributed by atoms with Gasteiger partial charge in [-0.05, 0) is 32.0 Å². The second-order valence-corrected chi connectivity index (χ2v) is 5.72. The van der Waals surface area contributed by atoms with Gasteiger partial charge in [0.2, 0.25) is 0 Å². The molecule has 0 fully saturated rings. The van der Waals surface area contributed by atoms with Crippen LogP contribution in [0.1, 0.15) is 32.0 Å². The normalized spacial score (nSPS) is 12.7. The minimum atomic E-state index is 0.166. The van der Waals surface area contributed by atoms with E-state index in [1.807, 2.05) is 24.4 Å². The molecule has 0 aliphatic carbocycles. The Morgan fingerprint density at radius 2 is 2.12 bits per heavy atom. The zero-order chi connectivity index (χ0) is 18.9. The Hall–Kier alpha value is -2.73. The van der Waals surface area contributed by atoms with Gasteiger partial charge in [0.25, 0.3) is 5.88 Å². The molecule has 0 aliphatic heterocycles. The van der Waals surface area contributed by atoms with Gasteiger partial charge in [-0.25, -0.2) is 9.97 Å². The highest BCUT2D eigenvalue weighted by molar-refractivity contribution is 5.54. The largest absolute Gasteiger partial charge is 0.475 e. The quantitative estimate of drug-likeness (QED) is 0.555. The summed E-state index contributed by atoms with van der Waals surface area (Å²) in [7, 11) is 1.70. The number of nitrogens with one attached hydrogen (secondary N) is 1. The molecule has 0 saturated carbocycles. The van der Waals surface area contributed by atoms with E-state index >= 15 is 0 Å². The van der Waals surface area contributed by atoms with Crippen LogP contribution in [0.25, 0.3) is 17.6 Å². The second-order valence-electron chi connectivity index (χ2n) is 5.72. The van der Waals surface area contributed by atoms with Gasteiger partial charge < -0.3 is 14.6 Å². The number of pyridine rings is 1. The van der Waals surface area contributed by atoms with Crippen molar-refractivity contribution in [2.75, 3.05) is 20.2 Å². The molecule has 2 aromatic heterocycles. The third-order valence-electron chi connectivity index (χ3n) is 3.88. The molecule has 0 amide bonds. The SMILES string of the molecule is C=CCCOc1nc(-c2cccc(C(C)NCC)n2)cn(C=C)c1=NC. The number of hydrogen-bond acceptors (Lipinski definition) is 5. The average Bonchev–Trinajstić information content (AvgIpc) is 2.67. The maximum Gasteiger partial charge on any atom is 0.258 e. The van der Waals surface area contributed by atoms with Gasteiger partial charge in [-0.1, -0.05) is 25.6 Å². The first-order valence-electron chi connectivity index (χ1n) is 8.77. The van der Waals surface area contributed by atoms with Crippen LogP contribution < -0.4 is 15.5 Å². The Kier molecular flexibility index (Phi) is 7.29. The molecule has 1 unspecified atom stereocenters. The predicted molar refractivity (Wildman–Crippen MR) is 106 cm³/mol. The smallest absolute Gasteiger partial charge is 0.258 e. The van der Waals surface area contributed by atoms with Gasteiger partial charge in [0.05, 0.1) is 18.0 Å². The van der Waals surface area contributed by atoms with Crippen LogP contribution in [0.15, 0.2) is 48.6 Å². The van der Waals surface area contributed by atoms with E-state index in [1.165, 1.54) is 0 Å². The Bertz CT molecular complexity index is 825. The fourth-order valence-corrected chi connectivity index (χ4v) is 2.55. The van der Waals surface area contributed by atoms with E-state index in [4.69, 9.17) is 9.72 Å². The summed E-state index contributed by atoms with van der Waals surface area (Å²) >= 11 is 0. The lowest BCUT2D eigenvalue weighted by molar-refractivity contribution is 0.305. The third-order valence-corrected chi connectivity index (χ3v) is 3.88. The van der Waals surface area contributed by atoms with Crippen LogP contribution in [0.5, 0.6) is 5.88 Å². The fourth-order valence-electron chi connectivity index (χ4n) is 2.55. The van der Waals surface area contributed by atoms with Crippen molar-refractivity contribution in [2.45, 2.75) is 26.3 Å². The third kappa shape index (κ3) is 4.67. The molecule has 1 atom stereocenters. The summed E-state index contributed by atoms with van der Waals surface area (Å²) < 4.78 is 7.60. The van der Waals surface area contributed by atoms with Crippen molar-refractivity contribution in [1.82, 2.24) is 19.9 Å². The standard InChI is InChI=1S/C20H27N5O/c1-6-9-13-26-20-19(21-5)25(8-3)14-18(24-20)17-12-10-11-16(23-17)15(4)22-7-2/h6,8,10-12,14-15,22H,1,3,7,9,13H2,2,4-5H3. The molecule has 6 heteroatoms. The van der Waals surface area contributed by atoms with Crippen molar-refractivity contribution in [3.63, 3.8) is 0 Å². The van der Waals surface area contributed by atoms with Crippen molar-refractivity contribution in [3.05, 3.63) is 54.8 Å². The highest BCUT2D eigenvalue weighted by Gasteiger charge is 2.12. The highest BCUT2D eigenvalue weighted by Crippen LogP contribution is 2.19. The minimum absolute atomic E-state index is 0.166.